The van der Waals surface area contributed by atoms with Crippen molar-refractivity contribution in [3.63, 3.8) is 0 Å². The Bertz CT molecular complexity index is 565. The van der Waals surface area contributed by atoms with Crippen LogP contribution in [0.2, 0.25) is 0 Å². The number of hydrogen-bond donors (Lipinski definition) is 0. The molecule has 1 aromatic rings. The summed E-state index contributed by atoms with van der Waals surface area (Å²) in [7, 11) is -2.13. The van der Waals surface area contributed by atoms with Crippen molar-refractivity contribution in [3.05, 3.63) is 23.2 Å². The van der Waals surface area contributed by atoms with Crippen molar-refractivity contribution in [1.29, 1.82) is 5.39 Å². The molecule has 0 fully saturated rings. The topological polar surface area (TPSA) is 74.8 Å². The zero-order valence-electron chi connectivity index (χ0n) is 11.0. The first-order chi connectivity index (χ1) is 8.51. The molecule has 8 heteroatoms. The number of hydrogen-bond acceptors (Lipinski definition) is 4. The van der Waals surface area contributed by atoms with E-state index in [1.54, 1.807) is 13.8 Å². The highest BCUT2D eigenvalue weighted by Crippen LogP contribution is 2.30. The largest absolute Gasteiger partial charge is 1.00 e. The van der Waals surface area contributed by atoms with E-state index in [4.69, 9.17) is 10.1 Å². The van der Waals surface area contributed by atoms with E-state index in [1.807, 2.05) is 0 Å². The number of benzene rings is 1. The van der Waals surface area contributed by atoms with Crippen molar-refractivity contribution >= 4 is 15.7 Å². The molecule has 0 saturated carbocycles. The first-order valence-electron chi connectivity index (χ1n) is 5.54. The van der Waals surface area contributed by atoms with Gasteiger partial charge in [0.2, 0.25) is 21.2 Å². The van der Waals surface area contributed by atoms with Gasteiger partial charge in [-0.05, 0) is 12.1 Å². The van der Waals surface area contributed by atoms with Gasteiger partial charge in [-0.3, -0.25) is 0 Å². The Hall–Kier alpha value is -1.36. The predicted octanol–water partition coefficient (Wildman–Crippen LogP) is -0.786. The molecule has 0 aliphatic rings. The minimum absolute atomic E-state index is 0. The van der Waals surface area contributed by atoms with Crippen LogP contribution in [0.4, 0.5) is 5.69 Å². The molecule has 19 heavy (non-hydrogen) atoms. The zero-order valence-corrected chi connectivity index (χ0v) is 12.6. The minimum Gasteiger partial charge on any atom is -1.00 e. The molecule has 0 amide bonds. The van der Waals surface area contributed by atoms with Gasteiger partial charge in [0.1, 0.15) is 0 Å². The van der Waals surface area contributed by atoms with E-state index < -0.39 is 10.0 Å². The summed E-state index contributed by atoms with van der Waals surface area (Å²) in [5.74, 6) is 0.316. The lowest BCUT2D eigenvalue weighted by Crippen LogP contribution is -3.00. The average molecular weight is 306 g/mol. The van der Waals surface area contributed by atoms with Crippen LogP contribution in [-0.4, -0.2) is 32.9 Å². The molecule has 6 nitrogen and oxygen atoms in total. The van der Waals surface area contributed by atoms with Crippen LogP contribution < -0.4 is 17.1 Å². The molecule has 0 bridgehead atoms. The van der Waals surface area contributed by atoms with Crippen molar-refractivity contribution in [2.45, 2.75) is 18.7 Å². The van der Waals surface area contributed by atoms with Crippen LogP contribution in [0, 0.1) is 5.39 Å². The summed E-state index contributed by atoms with van der Waals surface area (Å²) in [6.07, 6.45) is 0. The Morgan fingerprint density at radius 2 is 1.89 bits per heavy atom. The average Bonchev–Trinajstić information content (AvgIpc) is 2.38. The first-order valence-corrected chi connectivity index (χ1v) is 6.98. The summed E-state index contributed by atoms with van der Waals surface area (Å²) in [5.41, 5.74) is 0.0886. The predicted molar refractivity (Wildman–Crippen MR) is 67.8 cm³/mol. The lowest BCUT2D eigenvalue weighted by molar-refractivity contribution is -0.00000702. The fraction of sp³-hybridized carbons (Fsp3) is 0.455. The SMILES string of the molecule is CCN(CC)S(=O)(=O)c1ccc(OC)c([N+]#N)c1.[Cl-]. The number of nitrogens with zero attached hydrogens (tertiary/aromatic N) is 3. The third-order valence-corrected chi connectivity index (χ3v) is 4.65. The van der Waals surface area contributed by atoms with E-state index in [1.165, 1.54) is 29.6 Å². The van der Waals surface area contributed by atoms with Gasteiger partial charge in [-0.15, -0.1) is 0 Å². The van der Waals surface area contributed by atoms with Gasteiger partial charge in [-0.25, -0.2) is 8.42 Å². The summed E-state index contributed by atoms with van der Waals surface area (Å²) < 4.78 is 30.7. The number of rotatable bonds is 5. The van der Waals surface area contributed by atoms with Crippen molar-refractivity contribution in [2.24, 2.45) is 0 Å². The summed E-state index contributed by atoms with van der Waals surface area (Å²) in [6.45, 7) is 4.30. The van der Waals surface area contributed by atoms with Crippen LogP contribution in [0.3, 0.4) is 0 Å². The van der Waals surface area contributed by atoms with Crippen LogP contribution in [0.5, 0.6) is 5.75 Å². The van der Waals surface area contributed by atoms with Crippen LogP contribution in [-0.2, 0) is 10.0 Å². The smallest absolute Gasteiger partial charge is 0.427 e. The van der Waals surface area contributed by atoms with Crippen molar-refractivity contribution < 1.29 is 25.6 Å². The second-order valence-electron chi connectivity index (χ2n) is 3.52. The monoisotopic (exact) mass is 305 g/mol. The van der Waals surface area contributed by atoms with Crippen molar-refractivity contribution in [1.82, 2.24) is 4.31 Å². The van der Waals surface area contributed by atoms with E-state index in [9.17, 15) is 8.42 Å². The molecule has 0 radical (unpaired) electrons. The Balaban J connectivity index is 0.00000324. The summed E-state index contributed by atoms with van der Waals surface area (Å²) >= 11 is 0. The van der Waals surface area contributed by atoms with Gasteiger partial charge in [-0.1, -0.05) is 13.8 Å². The second-order valence-corrected chi connectivity index (χ2v) is 5.46. The fourth-order valence-electron chi connectivity index (χ4n) is 1.62. The number of sulfonamides is 1. The highest BCUT2D eigenvalue weighted by molar-refractivity contribution is 7.89. The molecule has 0 saturated heterocycles. The first kappa shape index (κ1) is 17.6. The normalized spacial score (nSPS) is 10.7. The van der Waals surface area contributed by atoms with E-state index in [-0.39, 0.29) is 23.0 Å². The summed E-state index contributed by atoms with van der Waals surface area (Å²) in [4.78, 5) is 3.10. The van der Waals surface area contributed by atoms with Crippen molar-refractivity contribution in [2.75, 3.05) is 20.2 Å². The molecule has 0 unspecified atom stereocenters. The maximum Gasteiger partial charge on any atom is 0.427 e. The standard InChI is InChI=1S/C11H16N3O3S.ClH/c1-4-14(5-2)18(15,16)9-6-7-11(17-3)10(8-9)13-12;/h6-8H,4-5H2,1-3H3;1H/q+1;/p-1. The lowest BCUT2D eigenvalue weighted by atomic mass is 10.3. The molecule has 1 rings (SSSR count). The lowest BCUT2D eigenvalue weighted by Gasteiger charge is -2.17. The molecule has 0 atom stereocenters. The van der Waals surface area contributed by atoms with E-state index >= 15 is 0 Å². The van der Waals surface area contributed by atoms with Crippen LogP contribution >= 0.6 is 0 Å². The van der Waals surface area contributed by atoms with Gasteiger partial charge in [0.25, 0.3) is 0 Å². The molecule has 0 aliphatic carbocycles. The van der Waals surface area contributed by atoms with E-state index in [2.05, 4.69) is 4.98 Å². The van der Waals surface area contributed by atoms with Crippen LogP contribution in [0.25, 0.3) is 4.98 Å². The van der Waals surface area contributed by atoms with E-state index in [0.717, 1.165) is 0 Å². The Morgan fingerprint density at radius 1 is 1.32 bits per heavy atom. The molecule has 106 valence electrons. The number of ether oxygens (including phenoxy) is 1. The third kappa shape index (κ3) is 3.56. The maximum atomic E-state index is 12.2. The van der Waals surface area contributed by atoms with Crippen LogP contribution in [0.15, 0.2) is 23.1 Å². The summed E-state index contributed by atoms with van der Waals surface area (Å²) in [5, 5.41) is 8.83. The molecular weight excluding hydrogens is 290 g/mol. The molecular formula is C11H16ClN3O3S. The van der Waals surface area contributed by atoms with Gasteiger partial charge in [0.15, 0.2) is 4.98 Å². The Kier molecular flexibility index (Phi) is 6.76. The van der Waals surface area contributed by atoms with E-state index in [0.29, 0.717) is 18.8 Å². The third-order valence-electron chi connectivity index (χ3n) is 2.60. The molecule has 0 N–H and O–H groups in total. The number of diazo groups is 1. The van der Waals surface area contributed by atoms with Gasteiger partial charge < -0.3 is 17.1 Å². The highest BCUT2D eigenvalue weighted by Gasteiger charge is 2.26. The Morgan fingerprint density at radius 3 is 2.32 bits per heavy atom. The Labute approximate surface area is 119 Å². The molecule has 0 aromatic heterocycles. The number of methoxy groups -OCH3 is 1. The zero-order chi connectivity index (χ0) is 13.8. The molecule has 0 spiro atoms. The molecule has 0 heterocycles. The van der Waals surface area contributed by atoms with Gasteiger partial charge in [-0.2, -0.15) is 4.31 Å². The highest BCUT2D eigenvalue weighted by atomic mass is 35.5. The van der Waals surface area contributed by atoms with Crippen molar-refractivity contribution in [3.8, 4) is 5.75 Å². The van der Waals surface area contributed by atoms with Gasteiger partial charge >= 0.3 is 5.69 Å². The van der Waals surface area contributed by atoms with Gasteiger partial charge in [0.05, 0.1) is 18.1 Å². The molecule has 1 aromatic carbocycles. The van der Waals surface area contributed by atoms with Gasteiger partial charge in [0, 0.05) is 13.1 Å². The molecule has 0 aliphatic heterocycles. The minimum atomic E-state index is -3.55. The quantitative estimate of drug-likeness (QED) is 0.669. The summed E-state index contributed by atoms with van der Waals surface area (Å²) in [6, 6.07) is 4.18. The maximum absolute atomic E-state index is 12.2. The second kappa shape index (κ2) is 7.28. The number of halogens is 1. The van der Waals surface area contributed by atoms with Crippen LogP contribution in [0.1, 0.15) is 13.8 Å². The fourth-order valence-corrected chi connectivity index (χ4v) is 3.10.